The van der Waals surface area contributed by atoms with Gasteiger partial charge in [-0.3, -0.25) is 14.9 Å². The number of rotatable bonds is 4. The zero-order valence-corrected chi connectivity index (χ0v) is 11.5. The van der Waals surface area contributed by atoms with Gasteiger partial charge in [0.2, 0.25) is 5.91 Å². The van der Waals surface area contributed by atoms with Crippen molar-refractivity contribution >= 4 is 17.7 Å². The second-order valence-electron chi connectivity index (χ2n) is 5.07. The van der Waals surface area contributed by atoms with Crippen LogP contribution in [0.25, 0.3) is 6.08 Å². The molecule has 0 atom stereocenters. The van der Waals surface area contributed by atoms with Gasteiger partial charge in [-0.15, -0.1) is 0 Å². The molecule has 0 aliphatic heterocycles. The van der Waals surface area contributed by atoms with Gasteiger partial charge in [0.05, 0.1) is 4.92 Å². The van der Waals surface area contributed by atoms with Gasteiger partial charge in [0.15, 0.2) is 0 Å². The molecule has 5 heteroatoms. The minimum absolute atomic E-state index is 0.0312. The minimum Gasteiger partial charge on any atom is -0.339 e. The van der Waals surface area contributed by atoms with E-state index in [-0.39, 0.29) is 11.6 Å². The summed E-state index contributed by atoms with van der Waals surface area (Å²) < 4.78 is 0. The Morgan fingerprint density at radius 2 is 2.10 bits per heavy atom. The van der Waals surface area contributed by atoms with E-state index in [1.54, 1.807) is 23.1 Å². The lowest BCUT2D eigenvalue weighted by Gasteiger charge is -2.22. The maximum Gasteiger partial charge on any atom is 0.270 e. The van der Waals surface area contributed by atoms with Crippen LogP contribution in [0.3, 0.4) is 0 Å². The van der Waals surface area contributed by atoms with E-state index in [2.05, 4.69) is 0 Å². The molecule has 2 rings (SSSR count). The third-order valence-electron chi connectivity index (χ3n) is 3.72. The van der Waals surface area contributed by atoms with Crippen molar-refractivity contribution in [1.82, 2.24) is 4.90 Å². The van der Waals surface area contributed by atoms with E-state index in [1.165, 1.54) is 31.1 Å². The molecule has 0 radical (unpaired) electrons. The van der Waals surface area contributed by atoms with Crippen molar-refractivity contribution < 1.29 is 9.72 Å². The molecule has 1 amide bonds. The van der Waals surface area contributed by atoms with Gasteiger partial charge < -0.3 is 4.90 Å². The smallest absolute Gasteiger partial charge is 0.270 e. The summed E-state index contributed by atoms with van der Waals surface area (Å²) >= 11 is 0. The number of nitro groups is 1. The van der Waals surface area contributed by atoms with Crippen molar-refractivity contribution in [2.24, 2.45) is 0 Å². The Balaban J connectivity index is 2.02. The molecule has 0 aromatic heterocycles. The number of nitrogens with zero attached hydrogens (tertiary/aromatic N) is 2. The number of nitro benzene ring substituents is 1. The molecule has 5 nitrogen and oxygen atoms in total. The molecule has 0 N–H and O–H groups in total. The van der Waals surface area contributed by atoms with E-state index in [0.29, 0.717) is 11.6 Å². The predicted octanol–water partition coefficient (Wildman–Crippen LogP) is 3.01. The molecule has 0 spiro atoms. The maximum absolute atomic E-state index is 12.0. The first-order valence-electron chi connectivity index (χ1n) is 6.77. The van der Waals surface area contributed by atoms with E-state index in [9.17, 15) is 14.9 Å². The van der Waals surface area contributed by atoms with Gasteiger partial charge in [-0.25, -0.2) is 0 Å². The van der Waals surface area contributed by atoms with E-state index >= 15 is 0 Å². The number of hydrogen-bond donors (Lipinski definition) is 0. The zero-order chi connectivity index (χ0) is 14.5. The van der Waals surface area contributed by atoms with Crippen LogP contribution >= 0.6 is 0 Å². The Hall–Kier alpha value is -2.17. The molecule has 0 saturated heterocycles. The van der Waals surface area contributed by atoms with Gasteiger partial charge in [-0.1, -0.05) is 25.0 Å². The zero-order valence-electron chi connectivity index (χ0n) is 11.5. The summed E-state index contributed by atoms with van der Waals surface area (Å²) in [6.45, 7) is 0. The van der Waals surface area contributed by atoms with E-state index in [4.69, 9.17) is 0 Å². The van der Waals surface area contributed by atoms with Gasteiger partial charge >= 0.3 is 0 Å². The van der Waals surface area contributed by atoms with Gasteiger partial charge in [0.25, 0.3) is 5.69 Å². The first kappa shape index (κ1) is 14.2. The highest BCUT2D eigenvalue weighted by molar-refractivity contribution is 5.91. The highest BCUT2D eigenvalue weighted by atomic mass is 16.6. The molecule has 1 aliphatic carbocycles. The molecular weight excluding hydrogens is 256 g/mol. The minimum atomic E-state index is -0.441. The van der Waals surface area contributed by atoms with Crippen molar-refractivity contribution in [3.05, 3.63) is 46.0 Å². The number of carbonyl (C=O) groups excluding carboxylic acids is 1. The summed E-state index contributed by atoms with van der Waals surface area (Å²) in [7, 11) is 1.82. The fourth-order valence-corrected chi connectivity index (χ4v) is 2.50. The largest absolute Gasteiger partial charge is 0.339 e. The lowest BCUT2D eigenvalue weighted by atomic mass is 10.1. The lowest BCUT2D eigenvalue weighted by Crippen LogP contribution is -2.33. The Kier molecular flexibility index (Phi) is 4.50. The first-order chi connectivity index (χ1) is 9.58. The number of amides is 1. The summed E-state index contributed by atoms with van der Waals surface area (Å²) in [6, 6.07) is 6.58. The summed E-state index contributed by atoms with van der Waals surface area (Å²) in [6.07, 6.45) is 7.59. The Bertz CT molecular complexity index is 534. The standard InChI is InChI=1S/C15H18N2O3/c1-16(13-6-2-3-7-13)15(18)10-9-12-5-4-8-14(11-12)17(19)20/h4-5,8-11,13H,2-3,6-7H2,1H3/b10-9+. The Morgan fingerprint density at radius 3 is 2.75 bits per heavy atom. The maximum atomic E-state index is 12.0. The van der Waals surface area contributed by atoms with Crippen LogP contribution in [0.5, 0.6) is 0 Å². The number of likely N-dealkylation sites (N-methyl/N-ethyl adjacent to an activating group) is 1. The molecule has 106 valence electrons. The van der Waals surface area contributed by atoms with Crippen LogP contribution in [-0.4, -0.2) is 28.8 Å². The molecule has 1 aliphatic rings. The van der Waals surface area contributed by atoms with E-state index < -0.39 is 4.92 Å². The highest BCUT2D eigenvalue weighted by Crippen LogP contribution is 2.22. The molecule has 1 saturated carbocycles. The summed E-state index contributed by atoms with van der Waals surface area (Å²) in [5, 5.41) is 10.7. The highest BCUT2D eigenvalue weighted by Gasteiger charge is 2.21. The van der Waals surface area contributed by atoms with Crippen molar-refractivity contribution in [2.45, 2.75) is 31.7 Å². The molecule has 0 heterocycles. The van der Waals surface area contributed by atoms with Crippen LogP contribution in [0.15, 0.2) is 30.3 Å². The van der Waals surface area contributed by atoms with Crippen LogP contribution < -0.4 is 0 Å². The molecule has 20 heavy (non-hydrogen) atoms. The van der Waals surface area contributed by atoms with Crippen molar-refractivity contribution in [3.8, 4) is 0 Å². The fraction of sp³-hybridized carbons (Fsp3) is 0.400. The van der Waals surface area contributed by atoms with Crippen molar-refractivity contribution in [3.63, 3.8) is 0 Å². The third-order valence-corrected chi connectivity index (χ3v) is 3.72. The molecule has 0 unspecified atom stereocenters. The normalized spacial score (nSPS) is 15.7. The average molecular weight is 274 g/mol. The number of non-ortho nitro benzene ring substituents is 1. The van der Waals surface area contributed by atoms with E-state index in [0.717, 1.165) is 12.8 Å². The SMILES string of the molecule is CN(C(=O)/C=C/c1cccc([N+](=O)[O-])c1)C1CCCC1. The van der Waals surface area contributed by atoms with Crippen LogP contribution in [0.4, 0.5) is 5.69 Å². The lowest BCUT2D eigenvalue weighted by molar-refractivity contribution is -0.384. The van der Waals surface area contributed by atoms with Crippen LogP contribution in [0.1, 0.15) is 31.2 Å². The number of hydrogen-bond acceptors (Lipinski definition) is 3. The topological polar surface area (TPSA) is 63.5 Å². The molecule has 1 aromatic rings. The molecule has 1 fully saturated rings. The second-order valence-corrected chi connectivity index (χ2v) is 5.07. The summed E-state index contributed by atoms with van der Waals surface area (Å²) in [4.78, 5) is 24.0. The predicted molar refractivity (Wildman–Crippen MR) is 77.2 cm³/mol. The monoisotopic (exact) mass is 274 g/mol. The fourth-order valence-electron chi connectivity index (χ4n) is 2.50. The quantitative estimate of drug-likeness (QED) is 0.481. The van der Waals surface area contributed by atoms with Gasteiger partial charge in [0.1, 0.15) is 0 Å². The molecular formula is C15H18N2O3. The van der Waals surface area contributed by atoms with Crippen molar-refractivity contribution in [2.75, 3.05) is 7.05 Å². The Labute approximate surface area is 118 Å². The van der Waals surface area contributed by atoms with Crippen LogP contribution in [0, 0.1) is 10.1 Å². The van der Waals surface area contributed by atoms with Gasteiger partial charge in [-0.05, 0) is 24.5 Å². The third kappa shape index (κ3) is 3.44. The number of carbonyl (C=O) groups is 1. The van der Waals surface area contributed by atoms with Crippen LogP contribution in [0.2, 0.25) is 0 Å². The first-order valence-corrected chi connectivity index (χ1v) is 6.77. The van der Waals surface area contributed by atoms with Gasteiger partial charge in [-0.2, -0.15) is 0 Å². The Morgan fingerprint density at radius 1 is 1.40 bits per heavy atom. The molecule has 0 bridgehead atoms. The summed E-state index contributed by atoms with van der Waals surface area (Å²) in [5.41, 5.74) is 0.691. The van der Waals surface area contributed by atoms with Crippen LogP contribution in [-0.2, 0) is 4.79 Å². The summed E-state index contributed by atoms with van der Waals surface area (Å²) in [5.74, 6) is -0.0524. The van der Waals surface area contributed by atoms with Crippen molar-refractivity contribution in [1.29, 1.82) is 0 Å². The molecule has 1 aromatic carbocycles. The van der Waals surface area contributed by atoms with E-state index in [1.807, 2.05) is 7.05 Å². The van der Waals surface area contributed by atoms with Gasteiger partial charge in [0, 0.05) is 31.3 Å². The number of benzene rings is 1. The second kappa shape index (κ2) is 6.32. The average Bonchev–Trinajstić information content (AvgIpc) is 2.98.